The van der Waals surface area contributed by atoms with Gasteiger partial charge in [-0.25, -0.2) is 9.37 Å². The molecular weight excluding hydrogens is 311 g/mol. The lowest BCUT2D eigenvalue weighted by Gasteiger charge is -2.07. The smallest absolute Gasteiger partial charge is 0.138 e. The highest BCUT2D eigenvalue weighted by Gasteiger charge is 2.11. The molecule has 0 spiro atoms. The Hall–Kier alpha value is -3.38. The molecule has 2 heterocycles. The van der Waals surface area contributed by atoms with Crippen LogP contribution in [-0.2, 0) is 0 Å². The van der Waals surface area contributed by atoms with Gasteiger partial charge in [-0.3, -0.25) is 4.57 Å². The lowest BCUT2D eigenvalue weighted by atomic mass is 10.2. The number of fused-ring (bicyclic) bond motifs is 1. The monoisotopic (exact) mass is 326 g/mol. The Morgan fingerprint density at radius 3 is 2.52 bits per heavy atom. The number of aryl methyl sites for hydroxylation is 1. The average Bonchev–Trinajstić information content (AvgIpc) is 2.98. The number of halogens is 1. The summed E-state index contributed by atoms with van der Waals surface area (Å²) in [6.07, 6.45) is 0. The van der Waals surface area contributed by atoms with Crippen molar-refractivity contribution in [2.24, 2.45) is 0 Å². The molecule has 3 heteroatoms. The van der Waals surface area contributed by atoms with Gasteiger partial charge in [-0.15, -0.1) is 0 Å². The van der Waals surface area contributed by atoms with Crippen molar-refractivity contribution in [3.8, 4) is 17.7 Å². The summed E-state index contributed by atoms with van der Waals surface area (Å²) in [5.74, 6) is 6.89. The molecular formula is C22H15FN2. The van der Waals surface area contributed by atoms with Crippen LogP contribution in [0.25, 0.3) is 16.7 Å². The molecule has 0 aliphatic carbocycles. The molecule has 2 aromatic heterocycles. The summed E-state index contributed by atoms with van der Waals surface area (Å²) in [5.41, 5.74) is 3.52. The molecule has 2 aromatic carbocycles. The van der Waals surface area contributed by atoms with Crippen LogP contribution in [0.2, 0.25) is 0 Å². The second-order valence-corrected chi connectivity index (χ2v) is 5.82. The van der Waals surface area contributed by atoms with Gasteiger partial charge in [0, 0.05) is 16.6 Å². The SMILES string of the molecule is Cc1cccc(-n2c(C#Cc3ccccc3)cc3cc(F)ccc32)n1. The second-order valence-electron chi connectivity index (χ2n) is 5.82. The van der Waals surface area contributed by atoms with Crippen molar-refractivity contribution in [3.63, 3.8) is 0 Å². The topological polar surface area (TPSA) is 17.8 Å². The van der Waals surface area contributed by atoms with E-state index in [1.807, 2.05) is 66.1 Å². The molecule has 0 amide bonds. The second kappa shape index (κ2) is 6.26. The van der Waals surface area contributed by atoms with Gasteiger partial charge >= 0.3 is 0 Å². The van der Waals surface area contributed by atoms with Crippen molar-refractivity contribution < 1.29 is 4.39 Å². The molecule has 0 atom stereocenters. The summed E-state index contributed by atoms with van der Waals surface area (Å²) < 4.78 is 15.6. The van der Waals surface area contributed by atoms with Crippen LogP contribution in [-0.4, -0.2) is 9.55 Å². The molecule has 0 aliphatic heterocycles. The van der Waals surface area contributed by atoms with Crippen molar-refractivity contribution in [3.05, 3.63) is 95.6 Å². The van der Waals surface area contributed by atoms with E-state index in [4.69, 9.17) is 0 Å². The third-order valence-electron chi connectivity index (χ3n) is 3.98. The Morgan fingerprint density at radius 1 is 0.880 bits per heavy atom. The molecule has 0 fully saturated rings. The molecule has 0 saturated heterocycles. The van der Waals surface area contributed by atoms with Crippen LogP contribution in [0.3, 0.4) is 0 Å². The Bertz CT molecular complexity index is 1120. The van der Waals surface area contributed by atoms with Gasteiger partial charge in [0.05, 0.1) is 11.2 Å². The third-order valence-corrected chi connectivity index (χ3v) is 3.98. The van der Waals surface area contributed by atoms with Crippen molar-refractivity contribution in [1.82, 2.24) is 9.55 Å². The zero-order valence-corrected chi connectivity index (χ0v) is 13.7. The normalized spacial score (nSPS) is 10.5. The summed E-state index contributed by atoms with van der Waals surface area (Å²) in [6.45, 7) is 1.95. The zero-order valence-electron chi connectivity index (χ0n) is 13.7. The van der Waals surface area contributed by atoms with Gasteiger partial charge in [0.15, 0.2) is 0 Å². The lowest BCUT2D eigenvalue weighted by molar-refractivity contribution is 0.629. The molecule has 0 unspecified atom stereocenters. The summed E-state index contributed by atoms with van der Waals surface area (Å²) in [6, 6.07) is 22.3. The standard InChI is InChI=1S/C22H15FN2/c1-16-6-5-9-22(24-16)25-20(12-10-17-7-3-2-4-8-17)15-18-14-19(23)11-13-21(18)25/h2-9,11,13-15H,1H3. The Balaban J connectivity index is 1.94. The van der Waals surface area contributed by atoms with Crippen molar-refractivity contribution in [2.75, 3.05) is 0 Å². The minimum atomic E-state index is -0.260. The first kappa shape index (κ1) is 15.2. The predicted molar refractivity (Wildman–Crippen MR) is 98.2 cm³/mol. The molecule has 0 radical (unpaired) electrons. The van der Waals surface area contributed by atoms with Gasteiger partial charge in [0.2, 0.25) is 0 Å². The number of hydrogen-bond acceptors (Lipinski definition) is 1. The molecule has 2 nitrogen and oxygen atoms in total. The quantitative estimate of drug-likeness (QED) is 0.456. The molecule has 25 heavy (non-hydrogen) atoms. The summed E-state index contributed by atoms with van der Waals surface area (Å²) in [7, 11) is 0. The number of pyridine rings is 1. The lowest BCUT2D eigenvalue weighted by Crippen LogP contribution is -2.00. The number of aromatic nitrogens is 2. The van der Waals surface area contributed by atoms with Crippen molar-refractivity contribution >= 4 is 10.9 Å². The van der Waals surface area contributed by atoms with Gasteiger partial charge in [-0.1, -0.05) is 30.2 Å². The fourth-order valence-electron chi connectivity index (χ4n) is 2.84. The Morgan fingerprint density at radius 2 is 1.72 bits per heavy atom. The van der Waals surface area contributed by atoms with E-state index in [0.29, 0.717) is 0 Å². The molecule has 0 aliphatic rings. The van der Waals surface area contributed by atoms with Crippen LogP contribution in [0.5, 0.6) is 0 Å². The number of rotatable bonds is 1. The van der Waals surface area contributed by atoms with Gasteiger partial charge in [0.1, 0.15) is 11.6 Å². The minimum absolute atomic E-state index is 0.260. The maximum Gasteiger partial charge on any atom is 0.138 e. The number of nitrogens with zero attached hydrogens (tertiary/aromatic N) is 2. The molecule has 4 aromatic rings. The van der Waals surface area contributed by atoms with Gasteiger partial charge in [-0.05, 0) is 61.4 Å². The maximum absolute atomic E-state index is 13.6. The molecule has 4 rings (SSSR count). The average molecular weight is 326 g/mol. The molecule has 0 saturated carbocycles. The van der Waals surface area contributed by atoms with E-state index in [1.54, 1.807) is 6.07 Å². The molecule has 0 bridgehead atoms. The third kappa shape index (κ3) is 3.02. The van der Waals surface area contributed by atoms with E-state index in [9.17, 15) is 4.39 Å². The first-order valence-electron chi connectivity index (χ1n) is 8.03. The fourth-order valence-corrected chi connectivity index (χ4v) is 2.84. The van der Waals surface area contributed by atoms with Gasteiger partial charge < -0.3 is 0 Å². The first-order valence-corrected chi connectivity index (χ1v) is 8.03. The van der Waals surface area contributed by atoms with Gasteiger partial charge in [-0.2, -0.15) is 0 Å². The highest BCUT2D eigenvalue weighted by atomic mass is 19.1. The van der Waals surface area contributed by atoms with Gasteiger partial charge in [0.25, 0.3) is 0 Å². The van der Waals surface area contributed by atoms with Crippen LogP contribution < -0.4 is 0 Å². The minimum Gasteiger partial charge on any atom is -0.287 e. The van der Waals surface area contributed by atoms with E-state index in [2.05, 4.69) is 16.8 Å². The van der Waals surface area contributed by atoms with E-state index < -0.39 is 0 Å². The molecule has 120 valence electrons. The first-order chi connectivity index (χ1) is 12.2. The maximum atomic E-state index is 13.6. The Labute approximate surface area is 145 Å². The largest absolute Gasteiger partial charge is 0.287 e. The predicted octanol–water partition coefficient (Wildman–Crippen LogP) is 4.87. The summed E-state index contributed by atoms with van der Waals surface area (Å²) in [5, 5.41) is 0.806. The highest BCUT2D eigenvalue weighted by Crippen LogP contribution is 2.24. The van der Waals surface area contributed by atoms with E-state index in [1.165, 1.54) is 12.1 Å². The number of hydrogen-bond donors (Lipinski definition) is 0. The number of benzene rings is 2. The Kier molecular flexibility index (Phi) is 3.80. The van der Waals surface area contributed by atoms with Crippen LogP contribution >= 0.6 is 0 Å². The van der Waals surface area contributed by atoms with Crippen LogP contribution in [0.1, 0.15) is 17.0 Å². The summed E-state index contributed by atoms with van der Waals surface area (Å²) in [4.78, 5) is 4.61. The van der Waals surface area contributed by atoms with Crippen LogP contribution in [0, 0.1) is 24.6 Å². The van der Waals surface area contributed by atoms with Crippen LogP contribution in [0.15, 0.2) is 72.8 Å². The van der Waals surface area contributed by atoms with Crippen LogP contribution in [0.4, 0.5) is 4.39 Å². The van der Waals surface area contributed by atoms with E-state index in [0.717, 1.165) is 33.7 Å². The van der Waals surface area contributed by atoms with Crippen molar-refractivity contribution in [2.45, 2.75) is 6.92 Å². The zero-order chi connectivity index (χ0) is 17.2. The summed E-state index contributed by atoms with van der Waals surface area (Å²) >= 11 is 0. The highest BCUT2D eigenvalue weighted by molar-refractivity contribution is 5.84. The van der Waals surface area contributed by atoms with Crippen molar-refractivity contribution in [1.29, 1.82) is 0 Å². The fraction of sp³-hybridized carbons (Fsp3) is 0.0455. The van der Waals surface area contributed by atoms with E-state index in [-0.39, 0.29) is 5.82 Å². The molecule has 0 N–H and O–H groups in total. The van der Waals surface area contributed by atoms with E-state index >= 15 is 0 Å².